The summed E-state index contributed by atoms with van der Waals surface area (Å²) in [4.78, 5) is 12.6. The van der Waals surface area contributed by atoms with Gasteiger partial charge >= 0.3 is 0 Å². The molecule has 0 radical (unpaired) electrons. The van der Waals surface area contributed by atoms with Gasteiger partial charge in [0, 0.05) is 16.7 Å². The number of fused-ring (bicyclic) bond motifs is 4. The first-order valence-electron chi connectivity index (χ1n) is 13.5. The summed E-state index contributed by atoms with van der Waals surface area (Å²) in [6, 6.07) is 31.5. The maximum atomic E-state index is 6.34. The number of nitrogens with one attached hydrogen (secondary N) is 1. The Labute approximate surface area is 248 Å². The van der Waals surface area contributed by atoms with Crippen LogP contribution in [0.1, 0.15) is 22.9 Å². The van der Waals surface area contributed by atoms with E-state index in [9.17, 15) is 0 Å². The van der Waals surface area contributed by atoms with E-state index in [1.54, 1.807) is 14.2 Å². The third-order valence-corrected chi connectivity index (χ3v) is 7.74. The zero-order valence-corrected chi connectivity index (χ0v) is 24.0. The number of para-hydroxylation sites is 3. The van der Waals surface area contributed by atoms with Crippen LogP contribution < -0.4 is 19.7 Å². The van der Waals surface area contributed by atoms with Gasteiger partial charge < -0.3 is 19.7 Å². The van der Waals surface area contributed by atoms with Crippen molar-refractivity contribution in [2.45, 2.75) is 13.0 Å². The van der Waals surface area contributed by atoms with Crippen molar-refractivity contribution >= 4 is 46.2 Å². The van der Waals surface area contributed by atoms with Crippen LogP contribution in [0.25, 0.3) is 5.69 Å². The van der Waals surface area contributed by atoms with Gasteiger partial charge in [-0.15, -0.1) is 0 Å². The van der Waals surface area contributed by atoms with Crippen LogP contribution in [0.15, 0.2) is 107 Å². The summed E-state index contributed by atoms with van der Waals surface area (Å²) in [5.41, 5.74) is 6.39. The highest BCUT2D eigenvalue weighted by Gasteiger charge is 2.41. The van der Waals surface area contributed by atoms with Crippen LogP contribution in [0.4, 0.5) is 22.9 Å². The van der Waals surface area contributed by atoms with Crippen molar-refractivity contribution in [2.24, 2.45) is 9.98 Å². The molecule has 0 spiro atoms. The number of anilines is 2. The van der Waals surface area contributed by atoms with Gasteiger partial charge in [-0.3, -0.25) is 0 Å². The Hall–Kier alpha value is -5.08. The molecular weight excluding hydrogens is 548 g/mol. The molecule has 0 aliphatic carbocycles. The SMILES string of the molecule is COc1ccc(NC2=Nc3ccccc3N3C2=Nc2c(c(C)nn2-c2ccccc2)C3c2ccc(Cl)cc2)c(OC)c1. The van der Waals surface area contributed by atoms with Crippen molar-refractivity contribution in [1.29, 1.82) is 0 Å². The molecule has 0 bridgehead atoms. The minimum Gasteiger partial charge on any atom is -0.497 e. The Morgan fingerprint density at radius 1 is 0.833 bits per heavy atom. The van der Waals surface area contributed by atoms with Crippen LogP contribution in [0.3, 0.4) is 0 Å². The fraction of sp³-hybridized carbons (Fsp3) is 0.121. The first-order valence-corrected chi connectivity index (χ1v) is 13.9. The van der Waals surface area contributed by atoms with Crippen LogP contribution in [0.2, 0.25) is 5.02 Å². The summed E-state index contributed by atoms with van der Waals surface area (Å²) in [5, 5.41) is 9.18. The van der Waals surface area contributed by atoms with Gasteiger partial charge in [0.15, 0.2) is 17.5 Å². The highest BCUT2D eigenvalue weighted by molar-refractivity contribution is 6.51. The van der Waals surface area contributed by atoms with Crippen molar-refractivity contribution in [2.75, 3.05) is 24.4 Å². The van der Waals surface area contributed by atoms with Crippen LogP contribution >= 0.6 is 11.6 Å². The van der Waals surface area contributed by atoms with E-state index in [0.717, 1.165) is 45.4 Å². The molecule has 0 saturated carbocycles. The molecule has 5 aromatic rings. The van der Waals surface area contributed by atoms with Gasteiger partial charge in [-0.25, -0.2) is 14.7 Å². The Morgan fingerprint density at radius 3 is 2.36 bits per heavy atom. The number of aryl methyl sites for hydroxylation is 1. The number of ether oxygens (including phenoxy) is 2. The number of aliphatic imine (C=N–C) groups is 2. The second-order valence-corrected chi connectivity index (χ2v) is 10.4. The minimum absolute atomic E-state index is 0.242. The quantitative estimate of drug-likeness (QED) is 0.233. The number of benzene rings is 4. The van der Waals surface area contributed by atoms with E-state index in [0.29, 0.717) is 28.2 Å². The number of hydrogen-bond donors (Lipinski definition) is 1. The van der Waals surface area contributed by atoms with Gasteiger partial charge in [-0.2, -0.15) is 5.10 Å². The number of aromatic nitrogens is 2. The third kappa shape index (κ3) is 4.28. The van der Waals surface area contributed by atoms with E-state index in [2.05, 4.69) is 28.4 Å². The van der Waals surface area contributed by atoms with Gasteiger partial charge in [0.25, 0.3) is 0 Å². The Morgan fingerprint density at radius 2 is 1.60 bits per heavy atom. The molecule has 1 atom stereocenters. The summed E-state index contributed by atoms with van der Waals surface area (Å²) in [6.07, 6.45) is 0. The van der Waals surface area contributed by atoms with E-state index in [-0.39, 0.29) is 6.04 Å². The van der Waals surface area contributed by atoms with Crippen LogP contribution in [-0.2, 0) is 0 Å². The maximum absolute atomic E-state index is 6.34. The highest BCUT2D eigenvalue weighted by Crippen LogP contribution is 2.48. The molecule has 1 unspecified atom stereocenters. The van der Waals surface area contributed by atoms with E-state index in [1.165, 1.54) is 0 Å². The number of rotatable bonds is 5. The second kappa shape index (κ2) is 10.4. The van der Waals surface area contributed by atoms with E-state index in [4.69, 9.17) is 36.2 Å². The minimum atomic E-state index is -0.242. The summed E-state index contributed by atoms with van der Waals surface area (Å²) >= 11 is 6.34. The lowest BCUT2D eigenvalue weighted by atomic mass is 9.93. The molecule has 1 aromatic heterocycles. The summed E-state index contributed by atoms with van der Waals surface area (Å²) in [6.45, 7) is 2.03. The lowest BCUT2D eigenvalue weighted by Gasteiger charge is -2.40. The van der Waals surface area contributed by atoms with Crippen LogP contribution in [-0.4, -0.2) is 35.7 Å². The van der Waals surface area contributed by atoms with Crippen molar-refractivity contribution in [1.82, 2.24) is 9.78 Å². The smallest absolute Gasteiger partial charge is 0.179 e. The molecular formula is C33H27ClN6O2. The Bertz CT molecular complexity index is 1860. The maximum Gasteiger partial charge on any atom is 0.179 e. The molecule has 4 aromatic carbocycles. The normalized spacial score (nSPS) is 15.1. The van der Waals surface area contributed by atoms with Gasteiger partial charge in [0.2, 0.25) is 0 Å². The standard InChI is InChI=1S/C33H27ClN6O2/c1-20-29-30(21-13-15-22(34)16-14-21)39-27-12-8-7-11-25(27)35-31(36-26-18-17-24(41-2)19-28(26)42-3)33(39)37-32(29)40(38-20)23-9-5-4-6-10-23/h4-19,30H,1-3H3,(H,35,36). The predicted octanol–water partition coefficient (Wildman–Crippen LogP) is 7.65. The molecule has 9 heteroatoms. The summed E-state index contributed by atoms with van der Waals surface area (Å²) < 4.78 is 13.0. The van der Waals surface area contributed by atoms with Crippen molar-refractivity contribution < 1.29 is 9.47 Å². The van der Waals surface area contributed by atoms with E-state index in [1.807, 2.05) is 90.5 Å². The predicted molar refractivity (Wildman–Crippen MR) is 168 cm³/mol. The number of halogens is 1. The molecule has 2 aliphatic heterocycles. The van der Waals surface area contributed by atoms with E-state index >= 15 is 0 Å². The number of amidine groups is 2. The lowest BCUT2D eigenvalue weighted by molar-refractivity contribution is 0.395. The molecule has 8 nitrogen and oxygen atoms in total. The molecule has 7 rings (SSSR count). The molecule has 1 N–H and O–H groups in total. The first kappa shape index (κ1) is 25.9. The summed E-state index contributed by atoms with van der Waals surface area (Å²) in [5.74, 6) is 3.32. The van der Waals surface area contributed by atoms with Gasteiger partial charge in [0.05, 0.1) is 48.7 Å². The third-order valence-electron chi connectivity index (χ3n) is 7.49. The van der Waals surface area contributed by atoms with Gasteiger partial charge in [-0.05, 0) is 61.0 Å². The van der Waals surface area contributed by atoms with Gasteiger partial charge in [-0.1, -0.05) is 54.1 Å². The Kier molecular flexibility index (Phi) is 6.40. The average molecular weight is 575 g/mol. The van der Waals surface area contributed by atoms with Crippen LogP contribution in [0, 0.1) is 6.92 Å². The highest BCUT2D eigenvalue weighted by atomic mass is 35.5. The lowest BCUT2D eigenvalue weighted by Crippen LogP contribution is -2.46. The molecule has 208 valence electrons. The van der Waals surface area contributed by atoms with Crippen molar-refractivity contribution in [3.8, 4) is 17.2 Å². The van der Waals surface area contributed by atoms with Crippen molar-refractivity contribution in [3.05, 3.63) is 119 Å². The number of methoxy groups -OCH3 is 2. The number of hydrogen-bond acceptors (Lipinski definition) is 7. The zero-order valence-electron chi connectivity index (χ0n) is 23.2. The van der Waals surface area contributed by atoms with Crippen LogP contribution in [0.5, 0.6) is 11.5 Å². The topological polar surface area (TPSA) is 76.3 Å². The molecule has 0 amide bonds. The largest absolute Gasteiger partial charge is 0.497 e. The van der Waals surface area contributed by atoms with E-state index < -0.39 is 0 Å². The van der Waals surface area contributed by atoms with Crippen molar-refractivity contribution in [3.63, 3.8) is 0 Å². The molecule has 0 saturated heterocycles. The zero-order chi connectivity index (χ0) is 28.8. The Balaban J connectivity index is 1.48. The average Bonchev–Trinajstić information content (AvgIpc) is 3.37. The fourth-order valence-corrected chi connectivity index (χ4v) is 5.66. The number of nitrogens with zero attached hydrogens (tertiary/aromatic N) is 5. The first-order chi connectivity index (χ1) is 20.6. The molecule has 42 heavy (non-hydrogen) atoms. The monoisotopic (exact) mass is 574 g/mol. The summed E-state index contributed by atoms with van der Waals surface area (Å²) in [7, 11) is 3.26. The molecule has 2 aliphatic rings. The van der Waals surface area contributed by atoms with Gasteiger partial charge in [0.1, 0.15) is 11.5 Å². The molecule has 0 fully saturated rings. The second-order valence-electron chi connectivity index (χ2n) is 9.97. The molecule has 3 heterocycles. The fourth-order valence-electron chi connectivity index (χ4n) is 5.54.